The lowest BCUT2D eigenvalue weighted by Crippen LogP contribution is -2.39. The van der Waals surface area contributed by atoms with Crippen LogP contribution in [0.25, 0.3) is 0 Å². The molecule has 1 aromatic carbocycles. The van der Waals surface area contributed by atoms with Gasteiger partial charge in [-0.25, -0.2) is 14.1 Å². The highest BCUT2D eigenvalue weighted by Crippen LogP contribution is 2.40. The number of aliphatic hydroxyl groups is 2. The third kappa shape index (κ3) is 3.84. The van der Waals surface area contributed by atoms with Crippen molar-refractivity contribution in [2.75, 3.05) is 0 Å². The second-order valence-corrected chi connectivity index (χ2v) is 6.72. The van der Waals surface area contributed by atoms with Gasteiger partial charge in [-0.15, -0.1) is 0 Å². The standard InChI is InChI=1S/C12H11Cl3FN3O2/c13-12(14,15)11(21)9(19-6-17-5-18-19)10(20)7-1-3-8(16)4-2-7/h1-6,9-11,20-21H. The molecule has 0 saturated carbocycles. The molecular weight excluding hydrogens is 344 g/mol. The van der Waals surface area contributed by atoms with Gasteiger partial charge in [0, 0.05) is 0 Å². The zero-order valence-electron chi connectivity index (χ0n) is 10.4. The van der Waals surface area contributed by atoms with Gasteiger partial charge in [0.05, 0.1) is 0 Å². The van der Waals surface area contributed by atoms with Crippen molar-refractivity contribution >= 4 is 34.8 Å². The molecule has 9 heteroatoms. The molecule has 2 aromatic rings. The van der Waals surface area contributed by atoms with E-state index in [1.165, 1.54) is 41.6 Å². The van der Waals surface area contributed by atoms with E-state index in [0.29, 0.717) is 5.56 Å². The lowest BCUT2D eigenvalue weighted by Gasteiger charge is -2.31. The number of alkyl halides is 3. The molecule has 21 heavy (non-hydrogen) atoms. The maximum absolute atomic E-state index is 13.0. The summed E-state index contributed by atoms with van der Waals surface area (Å²) in [5.74, 6) is -0.454. The molecule has 3 unspecified atom stereocenters. The van der Waals surface area contributed by atoms with Crippen LogP contribution >= 0.6 is 34.8 Å². The first kappa shape index (κ1) is 16.5. The first-order valence-electron chi connectivity index (χ1n) is 5.83. The van der Waals surface area contributed by atoms with Gasteiger partial charge in [0.25, 0.3) is 0 Å². The summed E-state index contributed by atoms with van der Waals surface area (Å²) in [6.45, 7) is 0. The normalized spacial score (nSPS) is 16.5. The van der Waals surface area contributed by atoms with Gasteiger partial charge in [-0.05, 0) is 17.7 Å². The number of hydrogen-bond acceptors (Lipinski definition) is 4. The summed E-state index contributed by atoms with van der Waals surface area (Å²) < 4.78 is 12.1. The van der Waals surface area contributed by atoms with Crippen LogP contribution in [0, 0.1) is 5.82 Å². The van der Waals surface area contributed by atoms with Gasteiger partial charge >= 0.3 is 0 Å². The Bertz CT molecular complexity index is 574. The number of nitrogens with zero attached hydrogens (tertiary/aromatic N) is 3. The molecule has 0 amide bonds. The fraction of sp³-hybridized carbons (Fsp3) is 0.333. The topological polar surface area (TPSA) is 71.2 Å². The van der Waals surface area contributed by atoms with Crippen LogP contribution in [0.2, 0.25) is 0 Å². The first-order chi connectivity index (χ1) is 9.80. The summed E-state index contributed by atoms with van der Waals surface area (Å²) in [4.78, 5) is 3.74. The zero-order chi connectivity index (χ0) is 15.6. The van der Waals surface area contributed by atoms with Crippen molar-refractivity contribution in [2.45, 2.75) is 22.0 Å². The zero-order valence-corrected chi connectivity index (χ0v) is 12.7. The molecule has 5 nitrogen and oxygen atoms in total. The van der Waals surface area contributed by atoms with E-state index < -0.39 is 27.9 Å². The molecule has 2 rings (SSSR count). The average Bonchev–Trinajstić information content (AvgIpc) is 2.92. The average molecular weight is 355 g/mol. The van der Waals surface area contributed by atoms with E-state index in [-0.39, 0.29) is 0 Å². The third-order valence-electron chi connectivity index (χ3n) is 2.94. The lowest BCUT2D eigenvalue weighted by atomic mass is 9.98. The highest BCUT2D eigenvalue weighted by Gasteiger charge is 2.42. The summed E-state index contributed by atoms with van der Waals surface area (Å²) in [5, 5.41) is 24.5. The quantitative estimate of drug-likeness (QED) is 0.827. The van der Waals surface area contributed by atoms with Crippen molar-refractivity contribution < 1.29 is 14.6 Å². The first-order valence-corrected chi connectivity index (χ1v) is 6.96. The SMILES string of the molecule is OC(c1ccc(F)cc1)C(C(O)C(Cl)(Cl)Cl)n1cncn1. The van der Waals surface area contributed by atoms with E-state index in [9.17, 15) is 14.6 Å². The largest absolute Gasteiger partial charge is 0.386 e. The molecule has 114 valence electrons. The van der Waals surface area contributed by atoms with E-state index in [4.69, 9.17) is 34.8 Å². The summed E-state index contributed by atoms with van der Waals surface area (Å²) >= 11 is 17.1. The molecule has 0 fully saturated rings. The number of aromatic nitrogens is 3. The van der Waals surface area contributed by atoms with Gasteiger partial charge in [-0.1, -0.05) is 46.9 Å². The molecule has 1 heterocycles. The smallest absolute Gasteiger partial charge is 0.218 e. The van der Waals surface area contributed by atoms with E-state index in [2.05, 4.69) is 10.1 Å². The Labute approximate surface area is 134 Å². The minimum atomic E-state index is -2.04. The number of rotatable bonds is 4. The molecule has 2 N–H and O–H groups in total. The van der Waals surface area contributed by atoms with Gasteiger partial charge < -0.3 is 10.2 Å². The van der Waals surface area contributed by atoms with Crippen LogP contribution in [-0.4, -0.2) is 34.9 Å². The molecular formula is C12H11Cl3FN3O2. The van der Waals surface area contributed by atoms with Gasteiger partial charge in [-0.3, -0.25) is 0 Å². The minimum Gasteiger partial charge on any atom is -0.386 e. The molecule has 0 spiro atoms. The molecule has 0 aliphatic carbocycles. The van der Waals surface area contributed by atoms with Crippen molar-refractivity contribution in [3.05, 3.63) is 48.3 Å². The fourth-order valence-corrected chi connectivity index (χ4v) is 2.27. The molecule has 1 aromatic heterocycles. The van der Waals surface area contributed by atoms with E-state index >= 15 is 0 Å². The van der Waals surface area contributed by atoms with Gasteiger partial charge in [-0.2, -0.15) is 5.10 Å². The van der Waals surface area contributed by atoms with Crippen LogP contribution in [0.5, 0.6) is 0 Å². The maximum atomic E-state index is 13.0. The Balaban J connectivity index is 2.38. The Morgan fingerprint density at radius 3 is 2.24 bits per heavy atom. The van der Waals surface area contributed by atoms with E-state index in [1.54, 1.807) is 0 Å². The number of aliphatic hydroxyl groups excluding tert-OH is 2. The van der Waals surface area contributed by atoms with Gasteiger partial charge in [0.2, 0.25) is 3.79 Å². The van der Waals surface area contributed by atoms with E-state index in [1.807, 2.05) is 0 Å². The van der Waals surface area contributed by atoms with Gasteiger partial charge in [0.1, 0.15) is 36.7 Å². The van der Waals surface area contributed by atoms with Crippen molar-refractivity contribution in [3.63, 3.8) is 0 Å². The van der Waals surface area contributed by atoms with Crippen molar-refractivity contribution in [2.24, 2.45) is 0 Å². The second kappa shape index (κ2) is 6.46. The second-order valence-electron chi connectivity index (χ2n) is 4.35. The number of benzene rings is 1. The van der Waals surface area contributed by atoms with Crippen molar-refractivity contribution in [1.29, 1.82) is 0 Å². The van der Waals surface area contributed by atoms with Crippen molar-refractivity contribution in [1.82, 2.24) is 14.8 Å². The third-order valence-corrected chi connectivity index (χ3v) is 3.61. The van der Waals surface area contributed by atoms with Crippen LogP contribution in [0.15, 0.2) is 36.9 Å². The Morgan fingerprint density at radius 2 is 1.76 bits per heavy atom. The summed E-state index contributed by atoms with van der Waals surface area (Å²) in [6, 6.07) is 3.99. The Morgan fingerprint density at radius 1 is 1.14 bits per heavy atom. The number of halogens is 4. The molecule has 0 aliphatic heterocycles. The Kier molecular flexibility index (Phi) is 5.06. The minimum absolute atomic E-state index is 0.338. The monoisotopic (exact) mass is 353 g/mol. The van der Waals surface area contributed by atoms with E-state index in [0.717, 1.165) is 0 Å². The molecule has 0 radical (unpaired) electrons. The predicted molar refractivity (Wildman–Crippen MR) is 76.7 cm³/mol. The van der Waals surface area contributed by atoms with Gasteiger partial charge in [0.15, 0.2) is 0 Å². The molecule has 3 atom stereocenters. The maximum Gasteiger partial charge on any atom is 0.218 e. The number of hydrogen-bond donors (Lipinski definition) is 2. The summed E-state index contributed by atoms with van der Waals surface area (Å²) in [6.07, 6.45) is -0.353. The Hall–Kier alpha value is -0.920. The van der Waals surface area contributed by atoms with Crippen LogP contribution in [0.4, 0.5) is 4.39 Å². The van der Waals surface area contributed by atoms with Crippen LogP contribution in [-0.2, 0) is 0 Å². The van der Waals surface area contributed by atoms with Crippen LogP contribution in [0.1, 0.15) is 17.7 Å². The lowest BCUT2D eigenvalue weighted by molar-refractivity contribution is 0.0144. The summed E-state index contributed by atoms with van der Waals surface area (Å²) in [5.41, 5.74) is 0.338. The molecule has 0 aliphatic rings. The predicted octanol–water partition coefficient (Wildman–Crippen LogP) is 2.42. The van der Waals surface area contributed by atoms with Crippen LogP contribution < -0.4 is 0 Å². The van der Waals surface area contributed by atoms with Crippen LogP contribution in [0.3, 0.4) is 0 Å². The molecule has 0 saturated heterocycles. The summed E-state index contributed by atoms with van der Waals surface area (Å²) in [7, 11) is 0. The van der Waals surface area contributed by atoms with Crippen molar-refractivity contribution in [3.8, 4) is 0 Å². The highest BCUT2D eigenvalue weighted by atomic mass is 35.6. The fourth-order valence-electron chi connectivity index (χ4n) is 1.88. The highest BCUT2D eigenvalue weighted by molar-refractivity contribution is 6.68. The molecule has 0 bridgehead atoms.